The van der Waals surface area contributed by atoms with Gasteiger partial charge in [0.25, 0.3) is 0 Å². The Morgan fingerprint density at radius 2 is 1.48 bits per heavy atom. The van der Waals surface area contributed by atoms with Gasteiger partial charge < -0.3 is 15.2 Å². The molecular formula is C15H16N4O2. The number of hydrogen-bond donors (Lipinski definition) is 1. The molecule has 0 amide bonds. The molecule has 1 heterocycles. The number of nitrogens with two attached hydrogens (primary N) is 1. The third-order valence-corrected chi connectivity index (χ3v) is 3.23. The topological polar surface area (TPSA) is 75.2 Å². The molecule has 0 spiro atoms. The van der Waals surface area contributed by atoms with Crippen LogP contribution in [0.5, 0.6) is 11.5 Å². The number of hydrogen-bond acceptors (Lipinski definition) is 5. The summed E-state index contributed by atoms with van der Waals surface area (Å²) in [7, 11) is 3.20. The highest BCUT2D eigenvalue weighted by Gasteiger charge is 2.10. The maximum Gasteiger partial charge on any atom is 0.163 e. The zero-order valence-corrected chi connectivity index (χ0v) is 11.9. The van der Waals surface area contributed by atoms with Gasteiger partial charge in [-0.15, -0.1) is 0 Å². The van der Waals surface area contributed by atoms with Crippen molar-refractivity contribution in [2.45, 2.75) is 6.54 Å². The molecule has 0 atom stereocenters. The Morgan fingerprint density at radius 1 is 0.952 bits per heavy atom. The minimum absolute atomic E-state index is 0.583. The monoisotopic (exact) mass is 284 g/mol. The van der Waals surface area contributed by atoms with Gasteiger partial charge in [0, 0.05) is 17.8 Å². The van der Waals surface area contributed by atoms with E-state index in [2.05, 4.69) is 10.2 Å². The van der Waals surface area contributed by atoms with Crippen LogP contribution in [0.2, 0.25) is 0 Å². The van der Waals surface area contributed by atoms with Crippen LogP contribution in [0, 0.1) is 0 Å². The first-order chi connectivity index (χ1) is 10.2. The van der Waals surface area contributed by atoms with Gasteiger partial charge in [-0.05, 0) is 17.7 Å². The molecule has 0 saturated heterocycles. The Labute approximate surface area is 122 Å². The lowest BCUT2D eigenvalue weighted by Crippen LogP contribution is -2.03. The second-order valence-electron chi connectivity index (χ2n) is 4.67. The Morgan fingerprint density at radius 3 is 1.95 bits per heavy atom. The van der Waals surface area contributed by atoms with E-state index in [1.54, 1.807) is 19.0 Å². The maximum absolute atomic E-state index is 5.68. The van der Waals surface area contributed by atoms with Gasteiger partial charge in [0.05, 0.1) is 20.8 Å². The standard InChI is InChI=1S/C15H16N4O2/c1-20-14-7-12-13(8-15(14)21-2)18-19(17-12)9-10-3-5-11(16)6-4-10/h3-8H,9,16H2,1-2H3. The molecule has 0 bridgehead atoms. The van der Waals surface area contributed by atoms with Crippen LogP contribution in [0.3, 0.4) is 0 Å². The molecule has 6 nitrogen and oxygen atoms in total. The molecule has 0 fully saturated rings. The van der Waals surface area contributed by atoms with Crippen LogP contribution in [0.4, 0.5) is 5.69 Å². The van der Waals surface area contributed by atoms with Gasteiger partial charge in [0.1, 0.15) is 11.0 Å². The van der Waals surface area contributed by atoms with E-state index in [9.17, 15) is 0 Å². The fourth-order valence-electron chi connectivity index (χ4n) is 2.15. The van der Waals surface area contributed by atoms with Gasteiger partial charge in [-0.2, -0.15) is 15.0 Å². The minimum atomic E-state index is 0.583. The lowest BCUT2D eigenvalue weighted by Gasteiger charge is -2.05. The van der Waals surface area contributed by atoms with Crippen LogP contribution in [-0.4, -0.2) is 29.2 Å². The number of methoxy groups -OCH3 is 2. The highest BCUT2D eigenvalue weighted by molar-refractivity contribution is 5.78. The Hall–Kier alpha value is -2.76. The first kappa shape index (κ1) is 13.2. The van der Waals surface area contributed by atoms with Crippen molar-refractivity contribution in [3.63, 3.8) is 0 Å². The maximum atomic E-state index is 5.68. The van der Waals surface area contributed by atoms with E-state index in [1.807, 2.05) is 36.4 Å². The van der Waals surface area contributed by atoms with Gasteiger partial charge in [-0.1, -0.05) is 12.1 Å². The van der Waals surface area contributed by atoms with Crippen LogP contribution < -0.4 is 15.2 Å². The molecule has 0 saturated carbocycles. The van der Waals surface area contributed by atoms with Crippen LogP contribution in [0.25, 0.3) is 11.0 Å². The molecule has 0 aliphatic heterocycles. The normalized spacial score (nSPS) is 10.8. The highest BCUT2D eigenvalue weighted by Crippen LogP contribution is 2.30. The molecule has 2 aromatic carbocycles. The van der Waals surface area contributed by atoms with Gasteiger partial charge in [-0.25, -0.2) is 0 Å². The summed E-state index contributed by atoms with van der Waals surface area (Å²) in [6.45, 7) is 0.583. The van der Waals surface area contributed by atoms with Crippen LogP contribution in [0.15, 0.2) is 36.4 Å². The first-order valence-corrected chi connectivity index (χ1v) is 6.51. The van der Waals surface area contributed by atoms with Crippen LogP contribution in [0.1, 0.15) is 5.56 Å². The average molecular weight is 284 g/mol. The van der Waals surface area contributed by atoms with E-state index in [-0.39, 0.29) is 0 Å². The number of ether oxygens (including phenoxy) is 2. The van der Waals surface area contributed by atoms with E-state index in [1.165, 1.54) is 0 Å². The van der Waals surface area contributed by atoms with E-state index in [0.29, 0.717) is 18.0 Å². The lowest BCUT2D eigenvalue weighted by molar-refractivity contribution is 0.356. The summed E-state index contributed by atoms with van der Waals surface area (Å²) >= 11 is 0. The second-order valence-corrected chi connectivity index (χ2v) is 4.67. The lowest BCUT2D eigenvalue weighted by atomic mass is 10.2. The van der Waals surface area contributed by atoms with Crippen molar-refractivity contribution in [2.24, 2.45) is 0 Å². The predicted molar refractivity (Wildman–Crippen MR) is 80.6 cm³/mol. The zero-order chi connectivity index (χ0) is 14.8. The summed E-state index contributed by atoms with van der Waals surface area (Å²) in [5.41, 5.74) is 9.04. The Bertz CT molecular complexity index is 724. The van der Waals surface area contributed by atoms with Gasteiger partial charge >= 0.3 is 0 Å². The molecule has 21 heavy (non-hydrogen) atoms. The van der Waals surface area contributed by atoms with Crippen LogP contribution >= 0.6 is 0 Å². The Balaban J connectivity index is 1.95. The summed E-state index contributed by atoms with van der Waals surface area (Å²) < 4.78 is 10.5. The van der Waals surface area contributed by atoms with E-state index >= 15 is 0 Å². The molecule has 6 heteroatoms. The Kier molecular flexibility index (Phi) is 3.35. The smallest absolute Gasteiger partial charge is 0.163 e. The second kappa shape index (κ2) is 5.32. The third kappa shape index (κ3) is 2.60. The summed E-state index contributed by atoms with van der Waals surface area (Å²) in [4.78, 5) is 1.65. The number of anilines is 1. The molecule has 0 radical (unpaired) electrons. The summed E-state index contributed by atoms with van der Waals surface area (Å²) in [5.74, 6) is 1.29. The summed E-state index contributed by atoms with van der Waals surface area (Å²) in [6, 6.07) is 11.3. The molecule has 1 aromatic heterocycles. The van der Waals surface area contributed by atoms with Crippen molar-refractivity contribution < 1.29 is 9.47 Å². The van der Waals surface area contributed by atoms with Gasteiger partial charge in [0.2, 0.25) is 0 Å². The van der Waals surface area contributed by atoms with Gasteiger partial charge in [-0.3, -0.25) is 0 Å². The average Bonchev–Trinajstić information content (AvgIpc) is 2.89. The molecule has 3 rings (SSSR count). The van der Waals surface area contributed by atoms with Crippen LogP contribution in [-0.2, 0) is 6.54 Å². The first-order valence-electron chi connectivity index (χ1n) is 6.51. The third-order valence-electron chi connectivity index (χ3n) is 3.23. The zero-order valence-electron chi connectivity index (χ0n) is 11.9. The van der Waals surface area contributed by atoms with E-state index in [0.717, 1.165) is 22.3 Å². The van der Waals surface area contributed by atoms with E-state index in [4.69, 9.17) is 15.2 Å². The molecule has 0 aliphatic rings. The minimum Gasteiger partial charge on any atom is -0.493 e. The van der Waals surface area contributed by atoms with E-state index < -0.39 is 0 Å². The highest BCUT2D eigenvalue weighted by atomic mass is 16.5. The van der Waals surface area contributed by atoms with Gasteiger partial charge in [0.15, 0.2) is 11.5 Å². The molecule has 0 unspecified atom stereocenters. The SMILES string of the molecule is COc1cc2nn(Cc3ccc(N)cc3)nc2cc1OC. The molecule has 0 aliphatic carbocycles. The van der Waals surface area contributed by atoms with Crippen molar-refractivity contribution in [3.05, 3.63) is 42.0 Å². The number of nitrogens with zero attached hydrogens (tertiary/aromatic N) is 3. The summed E-state index contributed by atoms with van der Waals surface area (Å²) in [6.07, 6.45) is 0. The number of fused-ring (bicyclic) bond motifs is 1. The fraction of sp³-hybridized carbons (Fsp3) is 0.200. The quantitative estimate of drug-likeness (QED) is 0.742. The molecule has 2 N–H and O–H groups in total. The summed E-state index contributed by atoms with van der Waals surface area (Å²) in [5, 5.41) is 8.91. The number of rotatable bonds is 4. The van der Waals surface area contributed by atoms with Crippen molar-refractivity contribution in [1.29, 1.82) is 0 Å². The van der Waals surface area contributed by atoms with Crippen molar-refractivity contribution >= 4 is 16.7 Å². The molecule has 3 aromatic rings. The number of aromatic nitrogens is 3. The number of benzene rings is 2. The fourth-order valence-corrected chi connectivity index (χ4v) is 2.15. The number of nitrogen functional groups attached to an aromatic ring is 1. The predicted octanol–water partition coefficient (Wildman–Crippen LogP) is 2.08. The largest absolute Gasteiger partial charge is 0.493 e. The van der Waals surface area contributed by atoms with Crippen molar-refractivity contribution in [1.82, 2.24) is 15.0 Å². The van der Waals surface area contributed by atoms with Crippen molar-refractivity contribution in [3.8, 4) is 11.5 Å². The molecular weight excluding hydrogens is 268 g/mol. The molecule has 108 valence electrons. The van der Waals surface area contributed by atoms with Crippen molar-refractivity contribution in [2.75, 3.05) is 20.0 Å².